The van der Waals surface area contributed by atoms with Gasteiger partial charge in [0.15, 0.2) is 0 Å². The van der Waals surface area contributed by atoms with Crippen LogP contribution in [0.5, 0.6) is 5.75 Å². The molecule has 0 atom stereocenters. The lowest BCUT2D eigenvalue weighted by molar-refractivity contribution is 0.123. The molecule has 1 heteroatoms. The van der Waals surface area contributed by atoms with Crippen molar-refractivity contribution in [2.24, 2.45) is 23.7 Å². The standard InChI is InChI=1S/C21H32O/c1-2-17-8-12-19(13-9-17)20-14-10-18(11-15-20)16-22-21-6-4-3-5-7-21/h3-7,17-20H,2,8-16H2,1H3/t17-,18?,19-,20?. The first-order valence-corrected chi connectivity index (χ1v) is 9.53. The first-order valence-electron chi connectivity index (χ1n) is 9.53. The lowest BCUT2D eigenvalue weighted by Crippen LogP contribution is -2.27. The van der Waals surface area contributed by atoms with Crippen LogP contribution in [-0.4, -0.2) is 6.61 Å². The Morgan fingerprint density at radius 1 is 0.773 bits per heavy atom. The zero-order chi connectivity index (χ0) is 15.2. The van der Waals surface area contributed by atoms with Crippen molar-refractivity contribution in [2.45, 2.75) is 64.7 Å². The van der Waals surface area contributed by atoms with Gasteiger partial charge in [0, 0.05) is 0 Å². The number of hydrogen-bond acceptors (Lipinski definition) is 1. The van der Waals surface area contributed by atoms with E-state index in [1.165, 1.54) is 57.8 Å². The van der Waals surface area contributed by atoms with E-state index in [-0.39, 0.29) is 0 Å². The summed E-state index contributed by atoms with van der Waals surface area (Å²) in [5, 5.41) is 0. The monoisotopic (exact) mass is 300 g/mol. The summed E-state index contributed by atoms with van der Waals surface area (Å²) in [7, 11) is 0. The molecule has 0 amide bonds. The Labute approximate surface area is 136 Å². The van der Waals surface area contributed by atoms with Crippen molar-refractivity contribution in [3.05, 3.63) is 30.3 Å². The zero-order valence-electron chi connectivity index (χ0n) is 14.2. The number of hydrogen-bond donors (Lipinski definition) is 0. The van der Waals surface area contributed by atoms with Crippen molar-refractivity contribution < 1.29 is 4.74 Å². The van der Waals surface area contributed by atoms with Crippen LogP contribution in [0.25, 0.3) is 0 Å². The summed E-state index contributed by atoms with van der Waals surface area (Å²) in [4.78, 5) is 0. The van der Waals surface area contributed by atoms with Gasteiger partial charge in [-0.05, 0) is 74.3 Å². The predicted molar refractivity (Wildman–Crippen MR) is 93.1 cm³/mol. The summed E-state index contributed by atoms with van der Waals surface area (Å²) in [6, 6.07) is 10.3. The van der Waals surface area contributed by atoms with E-state index in [1.54, 1.807) is 0 Å². The molecule has 2 saturated carbocycles. The van der Waals surface area contributed by atoms with Crippen molar-refractivity contribution in [3.63, 3.8) is 0 Å². The second-order valence-electron chi connectivity index (χ2n) is 7.59. The van der Waals surface area contributed by atoms with E-state index in [4.69, 9.17) is 4.74 Å². The molecule has 122 valence electrons. The fourth-order valence-corrected chi connectivity index (χ4v) is 4.62. The molecule has 3 rings (SSSR count). The Bertz CT molecular complexity index is 411. The maximum Gasteiger partial charge on any atom is 0.119 e. The van der Waals surface area contributed by atoms with Gasteiger partial charge < -0.3 is 4.74 Å². The minimum absolute atomic E-state index is 0.781. The maximum absolute atomic E-state index is 5.95. The molecule has 0 aromatic heterocycles. The Kier molecular flexibility index (Phi) is 5.81. The van der Waals surface area contributed by atoms with Crippen molar-refractivity contribution in [1.82, 2.24) is 0 Å². The molecular formula is C21H32O. The molecule has 1 nitrogen and oxygen atoms in total. The molecule has 0 heterocycles. The number of ether oxygens (including phenoxy) is 1. The summed E-state index contributed by atoms with van der Waals surface area (Å²) in [5.41, 5.74) is 0. The van der Waals surface area contributed by atoms with E-state index in [1.807, 2.05) is 6.07 Å². The van der Waals surface area contributed by atoms with E-state index in [9.17, 15) is 0 Å². The van der Waals surface area contributed by atoms with Crippen LogP contribution in [-0.2, 0) is 0 Å². The average Bonchev–Trinajstić information content (AvgIpc) is 2.61. The molecule has 2 aliphatic rings. The summed E-state index contributed by atoms with van der Waals surface area (Å²) >= 11 is 0. The second kappa shape index (κ2) is 8.04. The molecule has 1 aromatic carbocycles. The summed E-state index contributed by atoms with van der Waals surface area (Å²) < 4.78 is 5.95. The molecule has 0 saturated heterocycles. The van der Waals surface area contributed by atoms with Crippen LogP contribution in [0.3, 0.4) is 0 Å². The molecule has 0 radical (unpaired) electrons. The van der Waals surface area contributed by atoms with Crippen LogP contribution in [0.4, 0.5) is 0 Å². The third kappa shape index (κ3) is 4.27. The first kappa shape index (κ1) is 15.9. The van der Waals surface area contributed by atoms with Gasteiger partial charge in [0.05, 0.1) is 6.61 Å². The van der Waals surface area contributed by atoms with Crippen molar-refractivity contribution in [2.75, 3.05) is 6.61 Å². The number of benzene rings is 1. The van der Waals surface area contributed by atoms with Gasteiger partial charge in [-0.3, -0.25) is 0 Å². The molecule has 0 N–H and O–H groups in total. The van der Waals surface area contributed by atoms with Gasteiger partial charge in [-0.2, -0.15) is 0 Å². The third-order valence-corrected chi connectivity index (χ3v) is 6.26. The highest BCUT2D eigenvalue weighted by molar-refractivity contribution is 5.20. The van der Waals surface area contributed by atoms with Gasteiger partial charge in [0.1, 0.15) is 5.75 Å². The van der Waals surface area contributed by atoms with E-state index >= 15 is 0 Å². The Morgan fingerprint density at radius 3 is 1.86 bits per heavy atom. The van der Waals surface area contributed by atoms with Gasteiger partial charge in [-0.15, -0.1) is 0 Å². The average molecular weight is 300 g/mol. The molecule has 0 aliphatic heterocycles. The zero-order valence-corrected chi connectivity index (χ0v) is 14.2. The second-order valence-corrected chi connectivity index (χ2v) is 7.59. The Morgan fingerprint density at radius 2 is 1.32 bits per heavy atom. The van der Waals surface area contributed by atoms with Gasteiger partial charge >= 0.3 is 0 Å². The quantitative estimate of drug-likeness (QED) is 0.639. The molecule has 0 unspecified atom stereocenters. The minimum Gasteiger partial charge on any atom is -0.493 e. The lowest BCUT2D eigenvalue weighted by Gasteiger charge is -2.37. The van der Waals surface area contributed by atoms with Crippen LogP contribution in [0, 0.1) is 23.7 Å². The van der Waals surface area contributed by atoms with Crippen LogP contribution >= 0.6 is 0 Å². The highest BCUT2D eigenvalue weighted by Gasteiger charge is 2.30. The third-order valence-electron chi connectivity index (χ3n) is 6.26. The first-order chi connectivity index (χ1) is 10.8. The molecule has 1 aromatic rings. The number of rotatable bonds is 5. The normalized spacial score (nSPS) is 32.6. The van der Waals surface area contributed by atoms with E-state index in [0.717, 1.165) is 36.0 Å². The predicted octanol–water partition coefficient (Wildman–Crippen LogP) is 6.09. The molecule has 2 aliphatic carbocycles. The number of para-hydroxylation sites is 1. The summed E-state index contributed by atoms with van der Waals surface area (Å²) in [6.07, 6.45) is 13.1. The fraction of sp³-hybridized carbons (Fsp3) is 0.714. The fourth-order valence-electron chi connectivity index (χ4n) is 4.62. The van der Waals surface area contributed by atoms with Crippen LogP contribution in [0.2, 0.25) is 0 Å². The topological polar surface area (TPSA) is 9.23 Å². The van der Waals surface area contributed by atoms with Crippen molar-refractivity contribution in [3.8, 4) is 5.75 Å². The minimum atomic E-state index is 0.781. The highest BCUT2D eigenvalue weighted by Crippen LogP contribution is 2.41. The van der Waals surface area contributed by atoms with Gasteiger partial charge in [-0.1, -0.05) is 44.4 Å². The van der Waals surface area contributed by atoms with Crippen LogP contribution in [0.1, 0.15) is 64.7 Å². The van der Waals surface area contributed by atoms with Gasteiger partial charge in [0.25, 0.3) is 0 Å². The van der Waals surface area contributed by atoms with E-state index < -0.39 is 0 Å². The van der Waals surface area contributed by atoms with Crippen LogP contribution < -0.4 is 4.74 Å². The SMILES string of the molecule is CC[C@H]1CC[C@H](C2CCC(COc3ccccc3)CC2)CC1. The van der Waals surface area contributed by atoms with E-state index in [2.05, 4.69) is 31.2 Å². The summed E-state index contributed by atoms with van der Waals surface area (Å²) in [5.74, 6) is 4.90. The molecule has 22 heavy (non-hydrogen) atoms. The molecule has 0 spiro atoms. The largest absolute Gasteiger partial charge is 0.493 e. The van der Waals surface area contributed by atoms with Gasteiger partial charge in [-0.25, -0.2) is 0 Å². The smallest absolute Gasteiger partial charge is 0.119 e. The molecule has 0 bridgehead atoms. The lowest BCUT2D eigenvalue weighted by atomic mass is 9.69. The van der Waals surface area contributed by atoms with E-state index in [0.29, 0.717) is 0 Å². The summed E-state index contributed by atoms with van der Waals surface area (Å²) in [6.45, 7) is 3.28. The van der Waals surface area contributed by atoms with Crippen molar-refractivity contribution in [1.29, 1.82) is 0 Å². The molecule has 2 fully saturated rings. The molecular weight excluding hydrogens is 268 g/mol. The maximum atomic E-state index is 5.95. The highest BCUT2D eigenvalue weighted by atomic mass is 16.5. The Balaban J connectivity index is 1.37. The van der Waals surface area contributed by atoms with Crippen LogP contribution in [0.15, 0.2) is 30.3 Å². The Hall–Kier alpha value is -0.980. The van der Waals surface area contributed by atoms with Gasteiger partial charge in [0.2, 0.25) is 0 Å². The van der Waals surface area contributed by atoms with Crippen molar-refractivity contribution >= 4 is 0 Å².